The van der Waals surface area contributed by atoms with Crippen LogP contribution < -0.4 is 10.2 Å². The molecular formula is C65H125N2O6P. The third-order valence-electron chi connectivity index (χ3n) is 14.6. The molecule has 0 fully saturated rings. The highest BCUT2D eigenvalue weighted by Gasteiger charge is 2.24. The predicted octanol–water partition coefficient (Wildman–Crippen LogP) is 19.2. The second-order valence-corrected chi connectivity index (χ2v) is 24.5. The van der Waals surface area contributed by atoms with Crippen molar-refractivity contribution in [2.45, 2.75) is 321 Å². The fourth-order valence-corrected chi connectivity index (χ4v) is 10.3. The van der Waals surface area contributed by atoms with Gasteiger partial charge in [-0.1, -0.05) is 300 Å². The van der Waals surface area contributed by atoms with Crippen molar-refractivity contribution in [3.05, 3.63) is 48.6 Å². The zero-order chi connectivity index (χ0) is 54.2. The van der Waals surface area contributed by atoms with E-state index >= 15 is 0 Å². The minimum Gasteiger partial charge on any atom is -0.756 e. The summed E-state index contributed by atoms with van der Waals surface area (Å²) < 4.78 is 23.5. The van der Waals surface area contributed by atoms with Gasteiger partial charge in [-0.05, 0) is 51.4 Å². The van der Waals surface area contributed by atoms with E-state index < -0.39 is 20.0 Å². The molecule has 0 saturated heterocycles. The van der Waals surface area contributed by atoms with Crippen molar-refractivity contribution in [2.75, 3.05) is 40.9 Å². The van der Waals surface area contributed by atoms with Gasteiger partial charge in [0.05, 0.1) is 39.9 Å². The molecule has 2 N–H and O–H groups in total. The van der Waals surface area contributed by atoms with E-state index in [0.29, 0.717) is 23.9 Å². The number of hydrogen-bond donors (Lipinski definition) is 2. The van der Waals surface area contributed by atoms with Crippen LogP contribution in [0.5, 0.6) is 0 Å². The molecule has 74 heavy (non-hydrogen) atoms. The maximum Gasteiger partial charge on any atom is 0.268 e. The number of unbranched alkanes of at least 4 members (excludes halogenated alkanes) is 38. The Balaban J connectivity index is 4.06. The van der Waals surface area contributed by atoms with Gasteiger partial charge in [0.1, 0.15) is 13.2 Å². The van der Waals surface area contributed by atoms with Crippen molar-refractivity contribution >= 4 is 13.7 Å². The summed E-state index contributed by atoms with van der Waals surface area (Å²) in [7, 11) is 1.30. The molecule has 0 aliphatic carbocycles. The summed E-state index contributed by atoms with van der Waals surface area (Å²) in [6, 6.07) is -0.808. The number of allylic oxidation sites excluding steroid dienone is 8. The first-order chi connectivity index (χ1) is 36.0. The number of phosphoric acid groups is 1. The number of likely N-dealkylation sites (N-methyl/N-ethyl adjacent to an activating group) is 1. The van der Waals surface area contributed by atoms with E-state index in [0.717, 1.165) is 70.6 Å². The average Bonchev–Trinajstić information content (AvgIpc) is 3.36. The van der Waals surface area contributed by atoms with Crippen molar-refractivity contribution in [1.29, 1.82) is 0 Å². The summed E-state index contributed by atoms with van der Waals surface area (Å²) in [6.07, 6.45) is 74.5. The molecule has 1 amide bonds. The average molecular weight is 1060 g/mol. The molecule has 0 aromatic rings. The molecule has 0 heterocycles. The summed E-state index contributed by atoms with van der Waals surface area (Å²) in [5.41, 5.74) is 0. The molecule has 3 atom stereocenters. The molecule has 0 radical (unpaired) electrons. The van der Waals surface area contributed by atoms with Crippen LogP contribution in [0, 0.1) is 0 Å². The second-order valence-electron chi connectivity index (χ2n) is 23.1. The maximum absolute atomic E-state index is 13.0. The van der Waals surface area contributed by atoms with E-state index in [2.05, 4.69) is 67.8 Å². The van der Waals surface area contributed by atoms with Gasteiger partial charge in [0.2, 0.25) is 5.91 Å². The fraction of sp³-hybridized carbons (Fsp3) is 0.862. The lowest BCUT2D eigenvalue weighted by Gasteiger charge is -2.30. The van der Waals surface area contributed by atoms with Gasteiger partial charge >= 0.3 is 0 Å². The minimum absolute atomic E-state index is 0.00950. The van der Waals surface area contributed by atoms with Crippen molar-refractivity contribution < 1.29 is 32.9 Å². The molecule has 0 bridgehead atoms. The monoisotopic (exact) mass is 1060 g/mol. The largest absolute Gasteiger partial charge is 0.756 e. The highest BCUT2D eigenvalue weighted by Crippen LogP contribution is 2.38. The van der Waals surface area contributed by atoms with Crippen LogP contribution in [-0.2, 0) is 18.4 Å². The third kappa shape index (κ3) is 58.1. The Morgan fingerprint density at radius 1 is 0.486 bits per heavy atom. The Kier molecular flexibility index (Phi) is 55.0. The van der Waals surface area contributed by atoms with E-state index in [9.17, 15) is 19.4 Å². The topological polar surface area (TPSA) is 108 Å². The maximum atomic E-state index is 13.0. The molecule has 436 valence electrons. The van der Waals surface area contributed by atoms with Gasteiger partial charge in [0.25, 0.3) is 7.82 Å². The molecule has 0 aromatic carbocycles. The normalized spacial score (nSPS) is 14.1. The van der Waals surface area contributed by atoms with Crippen molar-refractivity contribution in [3.8, 4) is 0 Å². The lowest BCUT2D eigenvalue weighted by atomic mass is 10.0. The molecule has 0 saturated carbocycles. The van der Waals surface area contributed by atoms with E-state index in [1.807, 2.05) is 21.1 Å². The molecule has 0 aromatic heterocycles. The van der Waals surface area contributed by atoms with Gasteiger partial charge in [-0.3, -0.25) is 9.36 Å². The van der Waals surface area contributed by atoms with E-state index in [1.165, 1.54) is 212 Å². The fourth-order valence-electron chi connectivity index (χ4n) is 9.62. The lowest BCUT2D eigenvalue weighted by Crippen LogP contribution is -2.46. The standard InChI is InChI=1S/C65H125N2O6P/c1-6-8-10-12-14-16-18-20-22-24-26-28-29-30-31-32-33-34-35-36-37-39-40-42-44-46-48-50-52-54-56-58-64(68)63(62-73-74(70,71)72-61-60-67(3,4)5)66-65(69)59-57-55-53-51-49-47-45-43-41-38-27-25-23-21-19-17-15-13-11-9-7-2/h9,11,15,17,21,23,27,38,63-64,68H,6-8,10,12-14,16,18-20,22,24-26,28-37,39-62H2,1-5H3,(H-,66,69,70,71)/b11-9-,17-15-,23-21-,38-27-. The van der Waals surface area contributed by atoms with Crippen LogP contribution >= 0.6 is 7.82 Å². The number of aliphatic hydroxyl groups excluding tert-OH is 1. The number of quaternary nitrogens is 1. The van der Waals surface area contributed by atoms with Crippen molar-refractivity contribution in [1.82, 2.24) is 5.32 Å². The number of amides is 1. The second kappa shape index (κ2) is 56.2. The Morgan fingerprint density at radius 3 is 1.20 bits per heavy atom. The summed E-state index contributed by atoms with van der Waals surface area (Å²) in [5.74, 6) is -0.170. The Morgan fingerprint density at radius 2 is 0.824 bits per heavy atom. The molecule has 0 aliphatic rings. The first kappa shape index (κ1) is 72.5. The van der Waals surface area contributed by atoms with Gasteiger partial charge in [-0.25, -0.2) is 0 Å². The summed E-state index contributed by atoms with van der Waals surface area (Å²) in [6.45, 7) is 4.64. The zero-order valence-corrected chi connectivity index (χ0v) is 50.7. The van der Waals surface area contributed by atoms with Gasteiger partial charge in [0.15, 0.2) is 0 Å². The van der Waals surface area contributed by atoms with Crippen LogP contribution in [0.2, 0.25) is 0 Å². The van der Waals surface area contributed by atoms with Gasteiger partial charge in [-0.2, -0.15) is 0 Å². The number of rotatable bonds is 59. The Labute approximate surface area is 460 Å². The van der Waals surface area contributed by atoms with E-state index in [-0.39, 0.29) is 19.1 Å². The molecule has 3 unspecified atom stereocenters. The minimum atomic E-state index is -4.58. The van der Waals surface area contributed by atoms with Crippen molar-refractivity contribution in [2.24, 2.45) is 0 Å². The first-order valence-corrected chi connectivity index (χ1v) is 33.4. The molecule has 9 heteroatoms. The molecular weight excluding hydrogens is 936 g/mol. The number of phosphoric ester groups is 1. The Hall–Kier alpha value is -1.54. The molecule has 0 aliphatic heterocycles. The lowest BCUT2D eigenvalue weighted by molar-refractivity contribution is -0.870. The number of aliphatic hydroxyl groups is 1. The first-order valence-electron chi connectivity index (χ1n) is 32.0. The Bertz CT molecular complexity index is 1340. The van der Waals surface area contributed by atoms with E-state index in [1.54, 1.807) is 0 Å². The SMILES string of the molecule is CC/C=C\C/C=C\C/C=C\C/C=C\CCCCCCCCCCC(=O)NC(COP(=O)([O-])OCC[N+](C)(C)C)C(O)CCCCCCCCCCCCCCCCCCCCCCCCCCCCCCCCC. The van der Waals surface area contributed by atoms with Crippen LogP contribution in [0.4, 0.5) is 0 Å². The van der Waals surface area contributed by atoms with Crippen LogP contribution in [0.3, 0.4) is 0 Å². The molecule has 0 spiro atoms. The summed E-state index contributed by atoms with van der Waals surface area (Å²) >= 11 is 0. The number of nitrogens with zero attached hydrogens (tertiary/aromatic N) is 1. The summed E-state index contributed by atoms with van der Waals surface area (Å²) in [5, 5.41) is 14.1. The number of nitrogens with one attached hydrogen (secondary N) is 1. The van der Waals surface area contributed by atoms with E-state index in [4.69, 9.17) is 9.05 Å². The van der Waals surface area contributed by atoms with Gasteiger partial charge in [0, 0.05) is 6.42 Å². The zero-order valence-electron chi connectivity index (χ0n) is 49.8. The van der Waals surface area contributed by atoms with Crippen LogP contribution in [0.25, 0.3) is 0 Å². The smallest absolute Gasteiger partial charge is 0.268 e. The highest BCUT2D eigenvalue weighted by molar-refractivity contribution is 7.45. The van der Waals surface area contributed by atoms with Crippen molar-refractivity contribution in [3.63, 3.8) is 0 Å². The quantitative estimate of drug-likeness (QED) is 0.0272. The predicted molar refractivity (Wildman–Crippen MR) is 321 cm³/mol. The number of carbonyl (C=O) groups is 1. The summed E-state index contributed by atoms with van der Waals surface area (Å²) in [4.78, 5) is 25.6. The third-order valence-corrected chi connectivity index (χ3v) is 15.5. The number of carbonyl (C=O) groups excluding carboxylic acids is 1. The molecule has 0 rings (SSSR count). The van der Waals surface area contributed by atoms with Crippen LogP contribution in [-0.4, -0.2) is 68.5 Å². The van der Waals surface area contributed by atoms with Gasteiger partial charge < -0.3 is 28.8 Å². The number of hydrogen-bond acceptors (Lipinski definition) is 6. The molecule has 8 nitrogen and oxygen atoms in total. The highest BCUT2D eigenvalue weighted by atomic mass is 31.2. The van der Waals surface area contributed by atoms with Crippen LogP contribution in [0.1, 0.15) is 309 Å². The van der Waals surface area contributed by atoms with Gasteiger partial charge in [-0.15, -0.1) is 0 Å². The van der Waals surface area contributed by atoms with Crippen LogP contribution in [0.15, 0.2) is 48.6 Å².